The van der Waals surface area contributed by atoms with Crippen LogP contribution < -0.4 is 5.32 Å². The van der Waals surface area contributed by atoms with E-state index in [0.29, 0.717) is 0 Å². The molecule has 2 unspecified atom stereocenters. The Morgan fingerprint density at radius 2 is 2.40 bits per heavy atom. The van der Waals surface area contributed by atoms with Gasteiger partial charge in [0.1, 0.15) is 0 Å². The van der Waals surface area contributed by atoms with E-state index < -0.39 is 0 Å². The Morgan fingerprint density at radius 1 is 1.53 bits per heavy atom. The van der Waals surface area contributed by atoms with Crippen LogP contribution in [0.1, 0.15) is 12.5 Å². The maximum Gasteiger partial charge on any atom is 0.0239 e. The molecule has 0 amide bonds. The van der Waals surface area contributed by atoms with E-state index in [2.05, 4.69) is 41.0 Å². The first-order valence-electron chi connectivity index (χ1n) is 5.66. The van der Waals surface area contributed by atoms with Crippen molar-refractivity contribution in [1.82, 2.24) is 10.2 Å². The molecular formula is C12H20N2S. The van der Waals surface area contributed by atoms with Crippen molar-refractivity contribution in [3.05, 3.63) is 22.4 Å². The van der Waals surface area contributed by atoms with E-state index in [1.807, 2.05) is 0 Å². The van der Waals surface area contributed by atoms with E-state index in [1.165, 1.54) is 25.2 Å². The van der Waals surface area contributed by atoms with Crippen LogP contribution in [0.5, 0.6) is 0 Å². The average molecular weight is 224 g/mol. The van der Waals surface area contributed by atoms with E-state index in [9.17, 15) is 0 Å². The van der Waals surface area contributed by atoms with Crippen LogP contribution >= 0.6 is 11.3 Å². The third kappa shape index (κ3) is 3.03. The molecular weight excluding hydrogens is 204 g/mol. The van der Waals surface area contributed by atoms with E-state index >= 15 is 0 Å². The predicted molar refractivity (Wildman–Crippen MR) is 66.2 cm³/mol. The maximum absolute atomic E-state index is 3.46. The summed E-state index contributed by atoms with van der Waals surface area (Å²) < 4.78 is 0. The van der Waals surface area contributed by atoms with Gasteiger partial charge in [-0.15, -0.1) is 0 Å². The van der Waals surface area contributed by atoms with Gasteiger partial charge in [-0.3, -0.25) is 0 Å². The molecule has 84 valence electrons. The monoisotopic (exact) mass is 224 g/mol. The van der Waals surface area contributed by atoms with Gasteiger partial charge < -0.3 is 10.2 Å². The fourth-order valence-electron chi connectivity index (χ4n) is 2.27. The fourth-order valence-corrected chi connectivity index (χ4v) is 2.93. The Bertz CT molecular complexity index is 284. The van der Waals surface area contributed by atoms with Crippen molar-refractivity contribution in [3.63, 3.8) is 0 Å². The van der Waals surface area contributed by atoms with Crippen molar-refractivity contribution in [3.8, 4) is 0 Å². The van der Waals surface area contributed by atoms with Gasteiger partial charge in [-0.05, 0) is 54.4 Å². The van der Waals surface area contributed by atoms with Crippen molar-refractivity contribution < 1.29 is 0 Å². The van der Waals surface area contributed by atoms with Gasteiger partial charge >= 0.3 is 0 Å². The Kier molecular flexibility index (Phi) is 3.78. The largest absolute Gasteiger partial charge is 0.316 e. The number of nitrogens with zero attached hydrogens (tertiary/aromatic N) is 1. The zero-order valence-corrected chi connectivity index (χ0v) is 10.4. The zero-order valence-electron chi connectivity index (χ0n) is 9.57. The van der Waals surface area contributed by atoms with Crippen LogP contribution in [0.4, 0.5) is 0 Å². The first-order chi connectivity index (χ1) is 7.25. The minimum Gasteiger partial charge on any atom is -0.316 e. The van der Waals surface area contributed by atoms with Crippen molar-refractivity contribution in [2.75, 3.05) is 26.7 Å². The SMILES string of the molecule is CC1CNCC1CN(C)Cc1ccsc1. The third-order valence-corrected chi connectivity index (χ3v) is 3.99. The summed E-state index contributed by atoms with van der Waals surface area (Å²) in [6, 6.07) is 2.22. The second kappa shape index (κ2) is 5.10. The van der Waals surface area contributed by atoms with Crippen LogP contribution in [0, 0.1) is 11.8 Å². The molecule has 0 spiro atoms. The molecule has 1 aromatic rings. The van der Waals surface area contributed by atoms with Gasteiger partial charge in [0, 0.05) is 13.1 Å². The molecule has 0 aliphatic carbocycles. The molecule has 2 heterocycles. The predicted octanol–water partition coefficient (Wildman–Crippen LogP) is 2.04. The Labute approximate surface area is 96.3 Å². The molecule has 0 bridgehead atoms. The van der Waals surface area contributed by atoms with Crippen molar-refractivity contribution in [2.24, 2.45) is 11.8 Å². The number of thiophene rings is 1. The molecule has 1 aliphatic rings. The van der Waals surface area contributed by atoms with Gasteiger partial charge in [-0.25, -0.2) is 0 Å². The summed E-state index contributed by atoms with van der Waals surface area (Å²) in [5.41, 5.74) is 1.45. The smallest absolute Gasteiger partial charge is 0.0239 e. The highest BCUT2D eigenvalue weighted by molar-refractivity contribution is 7.07. The van der Waals surface area contributed by atoms with Crippen molar-refractivity contribution in [1.29, 1.82) is 0 Å². The summed E-state index contributed by atoms with van der Waals surface area (Å²) in [4.78, 5) is 2.44. The van der Waals surface area contributed by atoms with Crippen molar-refractivity contribution >= 4 is 11.3 Å². The topological polar surface area (TPSA) is 15.3 Å². The van der Waals surface area contributed by atoms with Crippen LogP contribution in [0.3, 0.4) is 0 Å². The summed E-state index contributed by atoms with van der Waals surface area (Å²) in [5.74, 6) is 1.66. The van der Waals surface area contributed by atoms with E-state index in [0.717, 1.165) is 18.4 Å². The summed E-state index contributed by atoms with van der Waals surface area (Å²) in [7, 11) is 2.22. The second-order valence-electron chi connectivity index (χ2n) is 4.72. The molecule has 0 radical (unpaired) electrons. The van der Waals surface area contributed by atoms with Crippen molar-refractivity contribution in [2.45, 2.75) is 13.5 Å². The summed E-state index contributed by atoms with van der Waals surface area (Å²) >= 11 is 1.79. The minimum atomic E-state index is 0.827. The first-order valence-corrected chi connectivity index (χ1v) is 6.60. The quantitative estimate of drug-likeness (QED) is 0.842. The molecule has 2 atom stereocenters. The molecule has 1 aliphatic heterocycles. The number of hydrogen-bond acceptors (Lipinski definition) is 3. The summed E-state index contributed by atoms with van der Waals surface area (Å²) in [5, 5.41) is 7.86. The Morgan fingerprint density at radius 3 is 3.00 bits per heavy atom. The standard InChI is InChI=1S/C12H20N2S/c1-10-5-13-6-12(10)8-14(2)7-11-3-4-15-9-11/h3-4,9-10,12-13H,5-8H2,1-2H3. The molecule has 1 aromatic heterocycles. The molecule has 15 heavy (non-hydrogen) atoms. The lowest BCUT2D eigenvalue weighted by molar-refractivity contribution is 0.253. The molecule has 1 saturated heterocycles. The zero-order chi connectivity index (χ0) is 10.7. The molecule has 0 saturated carbocycles. The van der Waals surface area contributed by atoms with Gasteiger partial charge in [0.25, 0.3) is 0 Å². The van der Waals surface area contributed by atoms with E-state index in [-0.39, 0.29) is 0 Å². The molecule has 2 nitrogen and oxygen atoms in total. The van der Waals surface area contributed by atoms with Crippen LogP contribution in [-0.2, 0) is 6.54 Å². The Hall–Kier alpha value is -0.380. The van der Waals surface area contributed by atoms with Gasteiger partial charge in [0.15, 0.2) is 0 Å². The van der Waals surface area contributed by atoms with Gasteiger partial charge in [-0.1, -0.05) is 6.92 Å². The highest BCUT2D eigenvalue weighted by atomic mass is 32.1. The minimum absolute atomic E-state index is 0.827. The average Bonchev–Trinajstić information content (AvgIpc) is 2.79. The van der Waals surface area contributed by atoms with Crippen LogP contribution in [0.25, 0.3) is 0 Å². The number of rotatable bonds is 4. The molecule has 1 N–H and O–H groups in total. The normalized spacial score (nSPS) is 26.3. The number of hydrogen-bond donors (Lipinski definition) is 1. The highest BCUT2D eigenvalue weighted by Crippen LogP contribution is 2.18. The van der Waals surface area contributed by atoms with Crippen LogP contribution in [-0.4, -0.2) is 31.6 Å². The Balaban J connectivity index is 1.79. The first kappa shape index (κ1) is 11.1. The maximum atomic E-state index is 3.46. The highest BCUT2D eigenvalue weighted by Gasteiger charge is 2.23. The van der Waals surface area contributed by atoms with Crippen LogP contribution in [0.2, 0.25) is 0 Å². The summed E-state index contributed by atoms with van der Waals surface area (Å²) in [6.45, 7) is 7.03. The molecule has 0 aromatic carbocycles. The second-order valence-corrected chi connectivity index (χ2v) is 5.50. The van der Waals surface area contributed by atoms with Gasteiger partial charge in [-0.2, -0.15) is 11.3 Å². The van der Waals surface area contributed by atoms with Gasteiger partial charge in [0.05, 0.1) is 0 Å². The lowest BCUT2D eigenvalue weighted by Crippen LogP contribution is -2.28. The lowest BCUT2D eigenvalue weighted by Gasteiger charge is -2.22. The van der Waals surface area contributed by atoms with E-state index in [1.54, 1.807) is 11.3 Å². The molecule has 2 rings (SSSR count). The fraction of sp³-hybridized carbons (Fsp3) is 0.667. The molecule has 3 heteroatoms. The van der Waals surface area contributed by atoms with Gasteiger partial charge in [0.2, 0.25) is 0 Å². The van der Waals surface area contributed by atoms with Crippen LogP contribution in [0.15, 0.2) is 16.8 Å². The number of nitrogens with one attached hydrogen (secondary N) is 1. The summed E-state index contributed by atoms with van der Waals surface area (Å²) in [6.07, 6.45) is 0. The molecule has 1 fully saturated rings. The lowest BCUT2D eigenvalue weighted by atomic mass is 9.98. The van der Waals surface area contributed by atoms with E-state index in [4.69, 9.17) is 0 Å². The third-order valence-electron chi connectivity index (χ3n) is 3.26.